The van der Waals surface area contributed by atoms with Crippen LogP contribution in [0.5, 0.6) is 40.2 Å². The number of H-pyrrole nitrogens is 1. The molecule has 18 rings (SSSR count). The van der Waals surface area contributed by atoms with Crippen LogP contribution in [0.3, 0.4) is 0 Å². The van der Waals surface area contributed by atoms with Crippen molar-refractivity contribution in [3.05, 3.63) is 225 Å². The van der Waals surface area contributed by atoms with Crippen molar-refractivity contribution >= 4 is 89.6 Å². The highest BCUT2D eigenvalue weighted by Gasteiger charge is 2.38. The predicted molar refractivity (Wildman–Crippen MR) is 520 cm³/mol. The number of nitrogens with zero attached hydrogens (tertiary/aromatic N) is 20. The van der Waals surface area contributed by atoms with Crippen LogP contribution in [0.1, 0.15) is 61.9 Å². The molecule has 708 valence electrons. The molecule has 33 nitrogen and oxygen atoms in total. The van der Waals surface area contributed by atoms with Gasteiger partial charge in [0.15, 0.2) is 0 Å². The van der Waals surface area contributed by atoms with Gasteiger partial charge in [0, 0.05) is 239 Å². The average Bonchev–Trinajstić information content (AvgIpc) is 1.21. The fraction of sp³-hybridized carbons (Fsp3) is 0.320. The average molecular weight is 1860 g/mol. The summed E-state index contributed by atoms with van der Waals surface area (Å²) in [6, 6.07) is 42.7. The molecule has 0 amide bonds. The number of nitrogens with one attached hydrogen (secondary N) is 2. The number of nitrogens with two attached hydrogens (primary N) is 1. The number of benzene rings is 8. The number of alkyl halides is 2. The maximum Gasteiger partial charge on any atom is 0.261 e. The number of halogens is 3. The number of aliphatic hydroxyl groups excluding tert-OH is 2. The van der Waals surface area contributed by atoms with Gasteiger partial charge in [-0.15, -0.1) is 0 Å². The summed E-state index contributed by atoms with van der Waals surface area (Å²) in [4.78, 5) is 47.5. The Morgan fingerprint density at radius 1 is 0.529 bits per heavy atom. The van der Waals surface area contributed by atoms with Crippen LogP contribution in [-0.4, -0.2) is 234 Å². The number of aryl methyl sites for hydroxylation is 2. The third-order valence-electron chi connectivity index (χ3n) is 22.9. The van der Waals surface area contributed by atoms with Gasteiger partial charge in [0.1, 0.15) is 58.9 Å². The Hall–Kier alpha value is -14.7. The molecule has 6 N–H and O–H groups in total. The Kier molecular flexibility index (Phi) is 30.3. The number of anilines is 8. The second kappa shape index (κ2) is 44.9. The highest BCUT2D eigenvalue weighted by Crippen LogP contribution is 2.42. The fourth-order valence-electron chi connectivity index (χ4n) is 16.1. The van der Waals surface area contributed by atoms with E-state index in [-0.39, 0.29) is 44.8 Å². The van der Waals surface area contributed by atoms with E-state index in [2.05, 4.69) is 74.4 Å². The van der Waals surface area contributed by atoms with Crippen molar-refractivity contribution in [2.45, 2.75) is 71.1 Å². The van der Waals surface area contributed by atoms with E-state index in [0.29, 0.717) is 116 Å². The Labute approximate surface area is 789 Å². The largest absolute Gasteiger partial charge is 0.497 e. The molecular formula is C100H112F3N23O10. The number of aromatic amines is 1. The maximum atomic E-state index is 14.2. The number of likely N-dealkylation sites (tertiary alicyclic amines) is 1. The van der Waals surface area contributed by atoms with Gasteiger partial charge in [-0.2, -0.15) is 20.4 Å². The number of rotatable bonds is 34. The lowest BCUT2D eigenvalue weighted by Gasteiger charge is -2.27. The zero-order valence-electron chi connectivity index (χ0n) is 80.4. The minimum atomic E-state index is -2.60. The minimum Gasteiger partial charge on any atom is -0.497 e. The summed E-state index contributed by atoms with van der Waals surface area (Å²) in [5.74, 6) is 0.712. The van der Waals surface area contributed by atoms with E-state index in [9.17, 15) is 18.3 Å². The SMILES string of the molecule is COc1cc(OC)c(C)c(N(CCO)c2ccc3ncc(-c4cnn(C)c4)nc3c2)c1.COc1cc(OC)cc(N(CCCN2CCC(F)(F)C2)c2ccc3ncc(-c4cnn(C5CCCCO5)c4)nc3c2)c1.Cn1cc(-c2cnc3ccc(N(CCN)c4cc(F)cc(OCCO)c4)cc3n2)cn1.[2H]C([2H])([2H])Oc1cc(OC)cc(N(CCNC(C)C)c2ccc3ncc(-c4cn[nH]c4)nc3c2)c1. The molecule has 36 heteroatoms. The molecule has 1 atom stereocenters. The van der Waals surface area contributed by atoms with Crippen molar-refractivity contribution in [1.29, 1.82) is 0 Å². The summed E-state index contributed by atoms with van der Waals surface area (Å²) >= 11 is 0. The van der Waals surface area contributed by atoms with Crippen LogP contribution >= 0.6 is 0 Å². The number of aromatic nitrogens is 16. The number of fused-ring (bicyclic) bond motifs is 4. The first-order valence-corrected chi connectivity index (χ1v) is 44.6. The lowest BCUT2D eigenvalue weighted by atomic mass is 10.1. The van der Waals surface area contributed by atoms with Crippen LogP contribution in [0.2, 0.25) is 0 Å². The van der Waals surface area contributed by atoms with Gasteiger partial charge in [0.25, 0.3) is 5.92 Å². The van der Waals surface area contributed by atoms with Crippen LogP contribution in [-0.2, 0) is 18.8 Å². The molecule has 10 heterocycles. The highest BCUT2D eigenvalue weighted by molar-refractivity contribution is 5.87. The van der Waals surface area contributed by atoms with Gasteiger partial charge in [0.05, 0.1) is 189 Å². The van der Waals surface area contributed by atoms with E-state index in [1.807, 2.05) is 168 Å². The Morgan fingerprint density at radius 3 is 1.48 bits per heavy atom. The number of aliphatic hydroxyl groups is 2. The normalized spacial score (nSPS) is 13.9. The van der Waals surface area contributed by atoms with Crippen molar-refractivity contribution in [2.24, 2.45) is 19.8 Å². The molecule has 0 aliphatic carbocycles. The van der Waals surface area contributed by atoms with Gasteiger partial charge in [-0.3, -0.25) is 39.3 Å². The first-order valence-electron chi connectivity index (χ1n) is 46.1. The van der Waals surface area contributed by atoms with Crippen molar-refractivity contribution < 1.29 is 65.4 Å². The molecule has 0 bridgehead atoms. The molecule has 2 fully saturated rings. The van der Waals surface area contributed by atoms with Crippen molar-refractivity contribution in [1.82, 2.24) is 89.6 Å². The number of hydrogen-bond acceptors (Lipinski definition) is 29. The van der Waals surface area contributed by atoms with Crippen molar-refractivity contribution in [3.63, 3.8) is 0 Å². The minimum absolute atomic E-state index is 0.0155. The standard InChI is InChI=1S/C31H36F2N6O3.C24H28N6O2.C23H25N5O3.C22H23FN6O2/c1-40-25-14-24(15-26(17-25)41-2)38(11-5-10-37-12-9-31(32,33)21-37)23-7-8-27-28(16-23)36-29(19-34-27)22-18-35-39(20-22)30-6-3-4-13-42-30;1-16(2)25-7-8-30(19-9-20(31-3)12-21(10-19)32-4)18-5-6-22-23(11-18)29-24(15-26-22)17-13-27-28-14-17;1-15-22(10-18(30-3)11-23(15)31-4)28(7-8-29)17-5-6-19-20(9-17)26-21(13-24-19)16-12-25-27(2)14-16;1-28-14-15(12-26-28)22-13-25-20-3-2-17(11-21(20)27-22)29(5-4-24)18-8-16(23)9-19(10-18)31-7-6-30/h7-8,14-20,30H,3-6,9-13,21H2,1-2H3;5-6,9-16,25H,7-8H2,1-4H3,(H,27,28);5-6,9-14,29H,7-8H2,1-4H3;2-3,8-14,30H,4-7,24H2,1H3/i;3D3;;. The van der Waals surface area contributed by atoms with Gasteiger partial charge in [-0.1, -0.05) is 13.8 Å². The zero-order chi connectivity index (χ0) is 97.9. The van der Waals surface area contributed by atoms with Crippen molar-refractivity contribution in [2.75, 3.05) is 148 Å². The number of hydrogen-bond donors (Lipinski definition) is 5. The van der Waals surface area contributed by atoms with E-state index >= 15 is 0 Å². The summed E-state index contributed by atoms with van der Waals surface area (Å²) in [7, 11) is 9.16. The topological polar surface area (TPSA) is 354 Å². The maximum absolute atomic E-state index is 14.2. The molecule has 0 radical (unpaired) electrons. The molecule has 8 aromatic carbocycles. The zero-order valence-corrected chi connectivity index (χ0v) is 77.4. The quantitative estimate of drug-likeness (QED) is 0.0250. The lowest BCUT2D eigenvalue weighted by Crippen LogP contribution is -2.32. The molecule has 8 aromatic heterocycles. The van der Waals surface area contributed by atoms with E-state index < -0.39 is 18.8 Å². The third kappa shape index (κ3) is 23.9. The number of ether oxygens (including phenoxy) is 8. The van der Waals surface area contributed by atoms with E-state index in [1.54, 1.807) is 112 Å². The van der Waals surface area contributed by atoms with Gasteiger partial charge < -0.3 is 78.8 Å². The summed E-state index contributed by atoms with van der Waals surface area (Å²) in [5.41, 5.74) is 25.7. The van der Waals surface area contributed by atoms with Gasteiger partial charge in [0.2, 0.25) is 0 Å². The van der Waals surface area contributed by atoms with Crippen LogP contribution < -0.4 is 63.8 Å². The molecule has 0 saturated carbocycles. The van der Waals surface area contributed by atoms with Crippen LogP contribution in [0.25, 0.3) is 89.2 Å². The van der Waals surface area contributed by atoms with E-state index in [1.165, 1.54) is 19.2 Å². The third-order valence-corrected chi connectivity index (χ3v) is 22.9. The second-order valence-electron chi connectivity index (χ2n) is 32.7. The van der Waals surface area contributed by atoms with E-state index in [4.69, 9.17) is 72.8 Å². The molecule has 1 unspecified atom stereocenters. The number of methoxy groups -OCH3 is 6. The molecule has 136 heavy (non-hydrogen) atoms. The highest BCUT2D eigenvalue weighted by atomic mass is 19.3. The summed E-state index contributed by atoms with van der Waals surface area (Å²) < 4.78 is 114. The summed E-state index contributed by atoms with van der Waals surface area (Å²) in [6.07, 6.45) is 25.2. The Balaban J connectivity index is 0.000000141. The first kappa shape index (κ1) is 91.8. The monoisotopic (exact) mass is 1850 g/mol. The fourth-order valence-corrected chi connectivity index (χ4v) is 16.1. The summed E-state index contributed by atoms with van der Waals surface area (Å²) in [6.45, 7) is 10.8. The summed E-state index contributed by atoms with van der Waals surface area (Å²) in [5, 5.41) is 41.9. The first-order chi connectivity index (χ1) is 67.2. The lowest BCUT2D eigenvalue weighted by molar-refractivity contribution is -0.0394. The Morgan fingerprint density at radius 2 is 1.02 bits per heavy atom. The molecule has 2 aliphatic rings. The Bertz CT molecular complexity index is 6810. The smallest absolute Gasteiger partial charge is 0.261 e. The van der Waals surface area contributed by atoms with Crippen LogP contribution in [0.15, 0.2) is 214 Å². The van der Waals surface area contributed by atoms with Gasteiger partial charge in [-0.05, 0) is 111 Å². The molecule has 2 saturated heterocycles. The molecule has 0 spiro atoms. The molecular weight excluding hydrogens is 1740 g/mol. The molecule has 2 aliphatic heterocycles. The molecule has 16 aromatic rings. The van der Waals surface area contributed by atoms with E-state index in [0.717, 1.165) is 149 Å². The van der Waals surface area contributed by atoms with Crippen LogP contribution in [0.4, 0.5) is 58.7 Å². The van der Waals surface area contributed by atoms with Crippen LogP contribution in [0, 0.1) is 12.7 Å². The van der Waals surface area contributed by atoms with Gasteiger partial charge >= 0.3 is 0 Å². The van der Waals surface area contributed by atoms with Crippen molar-refractivity contribution in [3.8, 4) is 85.3 Å². The second-order valence-corrected chi connectivity index (χ2v) is 32.7. The predicted octanol–water partition coefficient (Wildman–Crippen LogP) is 16.4. The van der Waals surface area contributed by atoms with Gasteiger partial charge in [-0.25, -0.2) is 37.8 Å².